The van der Waals surface area contributed by atoms with Gasteiger partial charge in [0.05, 0.1) is 12.2 Å². The summed E-state index contributed by atoms with van der Waals surface area (Å²) in [6.07, 6.45) is 3.47. The molecule has 1 heterocycles. The summed E-state index contributed by atoms with van der Waals surface area (Å²) >= 11 is 0. The number of hydrogen-bond acceptors (Lipinski definition) is 5. The van der Waals surface area contributed by atoms with Gasteiger partial charge in [-0.15, -0.1) is 0 Å². The number of carbonyl (C=O) groups excluding carboxylic acids is 2. The number of carbonyl (C=O) groups is 2. The lowest BCUT2D eigenvalue weighted by atomic mass is 9.99. The third-order valence-corrected chi connectivity index (χ3v) is 5.38. The quantitative estimate of drug-likeness (QED) is 0.541. The first kappa shape index (κ1) is 24.3. The lowest BCUT2D eigenvalue weighted by Crippen LogP contribution is -2.44. The predicted octanol–water partition coefficient (Wildman–Crippen LogP) is 5.68. The molecule has 0 aromatic heterocycles. The number of amides is 1. The highest BCUT2D eigenvalue weighted by molar-refractivity contribution is 5.90. The van der Waals surface area contributed by atoms with Crippen molar-refractivity contribution in [2.45, 2.75) is 84.3 Å². The standard InChI is InChI=1S/C25H36FNO5/c1-24(2,3)31-22(28)19-12-18(17-9-10-17)21(13-20(19)26)30-15-16-8-7-11-27(14-16)23(29)32-25(4,5)6/h12-13,16-17H,7-11,14-15H2,1-6H3/t16-/m1/s1. The van der Waals surface area contributed by atoms with E-state index in [9.17, 15) is 14.0 Å². The molecule has 1 atom stereocenters. The fourth-order valence-corrected chi connectivity index (χ4v) is 3.80. The van der Waals surface area contributed by atoms with E-state index in [0.29, 0.717) is 25.4 Å². The van der Waals surface area contributed by atoms with E-state index in [1.807, 2.05) is 20.8 Å². The zero-order valence-electron chi connectivity index (χ0n) is 20.1. The zero-order chi connectivity index (χ0) is 23.7. The van der Waals surface area contributed by atoms with Gasteiger partial charge in [-0.1, -0.05) is 0 Å². The average molecular weight is 450 g/mol. The molecule has 1 aromatic carbocycles. The van der Waals surface area contributed by atoms with E-state index in [2.05, 4.69) is 0 Å². The summed E-state index contributed by atoms with van der Waals surface area (Å²) in [7, 11) is 0. The van der Waals surface area contributed by atoms with E-state index >= 15 is 0 Å². The summed E-state index contributed by atoms with van der Waals surface area (Å²) in [5.74, 6) is -0.415. The normalized spacial score (nSPS) is 19.5. The van der Waals surface area contributed by atoms with Gasteiger partial charge in [0.2, 0.25) is 0 Å². The number of nitrogens with zero attached hydrogens (tertiary/aromatic N) is 1. The molecule has 0 N–H and O–H groups in total. The lowest BCUT2D eigenvalue weighted by Gasteiger charge is -2.34. The van der Waals surface area contributed by atoms with Gasteiger partial charge in [0.25, 0.3) is 0 Å². The van der Waals surface area contributed by atoms with Crippen LogP contribution in [0.2, 0.25) is 0 Å². The second-order valence-corrected chi connectivity index (χ2v) is 10.9. The molecule has 32 heavy (non-hydrogen) atoms. The van der Waals surface area contributed by atoms with Gasteiger partial charge in [-0.05, 0) is 84.8 Å². The van der Waals surface area contributed by atoms with Crippen molar-refractivity contribution in [1.82, 2.24) is 4.90 Å². The molecule has 1 aliphatic heterocycles. The number of hydrogen-bond donors (Lipinski definition) is 0. The van der Waals surface area contributed by atoms with Crippen molar-refractivity contribution in [3.63, 3.8) is 0 Å². The fourth-order valence-electron chi connectivity index (χ4n) is 3.80. The Kier molecular flexibility index (Phi) is 7.06. The predicted molar refractivity (Wildman–Crippen MR) is 120 cm³/mol. The van der Waals surface area contributed by atoms with Crippen molar-refractivity contribution in [3.8, 4) is 5.75 Å². The minimum Gasteiger partial charge on any atom is -0.493 e. The highest BCUT2D eigenvalue weighted by Crippen LogP contribution is 2.45. The van der Waals surface area contributed by atoms with Crippen molar-refractivity contribution in [1.29, 1.82) is 0 Å². The summed E-state index contributed by atoms with van der Waals surface area (Å²) < 4.78 is 31.7. The maximum absolute atomic E-state index is 14.8. The zero-order valence-corrected chi connectivity index (χ0v) is 20.1. The van der Waals surface area contributed by atoms with Crippen LogP contribution in [0, 0.1) is 11.7 Å². The Morgan fingerprint density at radius 1 is 1.03 bits per heavy atom. The number of esters is 1. The highest BCUT2D eigenvalue weighted by Gasteiger charge is 2.32. The van der Waals surface area contributed by atoms with E-state index in [1.54, 1.807) is 31.7 Å². The van der Waals surface area contributed by atoms with Gasteiger partial charge in [0.1, 0.15) is 22.8 Å². The Hall–Kier alpha value is -2.31. The number of ether oxygens (including phenoxy) is 3. The van der Waals surface area contributed by atoms with E-state index in [0.717, 1.165) is 31.2 Å². The fraction of sp³-hybridized carbons (Fsp3) is 0.680. The number of likely N-dealkylation sites (tertiary alicyclic amines) is 1. The van der Waals surface area contributed by atoms with Crippen LogP contribution in [0.15, 0.2) is 12.1 Å². The van der Waals surface area contributed by atoms with Crippen molar-refractivity contribution in [2.24, 2.45) is 5.92 Å². The van der Waals surface area contributed by atoms with Crippen LogP contribution in [0.1, 0.15) is 89.1 Å². The molecule has 0 spiro atoms. The van der Waals surface area contributed by atoms with E-state index < -0.39 is 23.0 Å². The van der Waals surface area contributed by atoms with Crippen LogP contribution in [-0.4, -0.2) is 47.9 Å². The van der Waals surface area contributed by atoms with Crippen LogP contribution in [-0.2, 0) is 9.47 Å². The third-order valence-electron chi connectivity index (χ3n) is 5.38. The largest absolute Gasteiger partial charge is 0.493 e. The first-order chi connectivity index (χ1) is 14.8. The molecule has 1 amide bonds. The Labute approximate surface area is 190 Å². The molecule has 1 saturated heterocycles. The summed E-state index contributed by atoms with van der Waals surface area (Å²) in [6, 6.07) is 2.89. The van der Waals surface area contributed by atoms with Gasteiger partial charge in [0, 0.05) is 25.1 Å². The topological polar surface area (TPSA) is 65.1 Å². The maximum Gasteiger partial charge on any atom is 0.410 e. The Morgan fingerprint density at radius 2 is 1.69 bits per heavy atom. The van der Waals surface area contributed by atoms with Crippen LogP contribution in [0.5, 0.6) is 5.75 Å². The molecule has 2 fully saturated rings. The molecular weight excluding hydrogens is 413 g/mol. The van der Waals surface area contributed by atoms with Crippen LogP contribution in [0.25, 0.3) is 0 Å². The number of rotatable bonds is 5. The monoisotopic (exact) mass is 449 g/mol. The first-order valence-electron chi connectivity index (χ1n) is 11.5. The summed E-state index contributed by atoms with van der Waals surface area (Å²) in [5.41, 5.74) is -0.429. The first-order valence-corrected chi connectivity index (χ1v) is 11.5. The third kappa shape index (κ3) is 6.84. The molecule has 3 rings (SSSR count). The average Bonchev–Trinajstić information content (AvgIpc) is 3.49. The minimum atomic E-state index is -0.695. The maximum atomic E-state index is 14.8. The number of piperidine rings is 1. The molecule has 6 nitrogen and oxygen atoms in total. The second-order valence-electron chi connectivity index (χ2n) is 10.9. The van der Waals surface area contributed by atoms with E-state index in [1.165, 1.54) is 6.07 Å². The minimum absolute atomic E-state index is 0.0528. The molecule has 0 unspecified atom stereocenters. The molecule has 0 bridgehead atoms. The summed E-state index contributed by atoms with van der Waals surface area (Å²) in [6.45, 7) is 12.4. The van der Waals surface area contributed by atoms with Gasteiger partial charge in [0.15, 0.2) is 0 Å². The van der Waals surface area contributed by atoms with Crippen molar-refractivity contribution in [3.05, 3.63) is 29.1 Å². The van der Waals surface area contributed by atoms with E-state index in [-0.39, 0.29) is 23.5 Å². The van der Waals surface area contributed by atoms with Gasteiger partial charge in [-0.3, -0.25) is 0 Å². The Balaban J connectivity index is 1.67. The van der Waals surface area contributed by atoms with Crippen LogP contribution in [0.3, 0.4) is 0 Å². The lowest BCUT2D eigenvalue weighted by molar-refractivity contribution is 0.00635. The molecular formula is C25H36FNO5. The Morgan fingerprint density at radius 3 is 2.28 bits per heavy atom. The van der Waals surface area contributed by atoms with Gasteiger partial charge < -0.3 is 19.1 Å². The van der Waals surface area contributed by atoms with Crippen molar-refractivity contribution in [2.75, 3.05) is 19.7 Å². The van der Waals surface area contributed by atoms with Crippen molar-refractivity contribution >= 4 is 12.1 Å². The SMILES string of the molecule is CC(C)(C)OC(=O)c1cc(C2CC2)c(OC[C@@H]2CCCN(C(=O)OC(C)(C)C)C2)cc1F. The van der Waals surface area contributed by atoms with Gasteiger partial charge in [-0.25, -0.2) is 14.0 Å². The number of halogens is 1. The van der Waals surface area contributed by atoms with Crippen LogP contribution >= 0.6 is 0 Å². The smallest absolute Gasteiger partial charge is 0.410 e. The van der Waals surface area contributed by atoms with Gasteiger partial charge in [-0.2, -0.15) is 0 Å². The summed E-state index contributed by atoms with van der Waals surface area (Å²) in [4.78, 5) is 26.6. The molecule has 0 radical (unpaired) electrons. The molecule has 2 aliphatic rings. The van der Waals surface area contributed by atoms with Crippen LogP contribution in [0.4, 0.5) is 9.18 Å². The second kappa shape index (κ2) is 9.28. The number of benzene rings is 1. The molecule has 1 aliphatic carbocycles. The summed E-state index contributed by atoms with van der Waals surface area (Å²) in [5, 5.41) is 0. The van der Waals surface area contributed by atoms with Crippen molar-refractivity contribution < 1.29 is 28.2 Å². The van der Waals surface area contributed by atoms with E-state index in [4.69, 9.17) is 14.2 Å². The molecule has 1 saturated carbocycles. The molecule has 178 valence electrons. The molecule has 1 aromatic rings. The van der Waals surface area contributed by atoms with Gasteiger partial charge >= 0.3 is 12.1 Å². The Bertz CT molecular complexity index is 851. The molecule has 7 heteroatoms. The van der Waals surface area contributed by atoms with Crippen LogP contribution < -0.4 is 4.74 Å². The highest BCUT2D eigenvalue weighted by atomic mass is 19.1.